The third kappa shape index (κ3) is 6.45. The molecule has 1 fully saturated rings. The number of benzene rings is 1. The van der Waals surface area contributed by atoms with Gasteiger partial charge in [-0.2, -0.15) is 0 Å². The van der Waals surface area contributed by atoms with Crippen LogP contribution in [0.4, 0.5) is 4.79 Å². The average Bonchev–Trinajstić information content (AvgIpc) is 2.64. The zero-order chi connectivity index (χ0) is 18.1. The highest BCUT2D eigenvalue weighted by atomic mass is 16.4. The summed E-state index contributed by atoms with van der Waals surface area (Å²) in [5, 5.41) is 13.8. The predicted octanol–water partition coefficient (Wildman–Crippen LogP) is 1.98. The largest absolute Gasteiger partial charge is 0.481 e. The van der Waals surface area contributed by atoms with Crippen LogP contribution in [0, 0.1) is 0 Å². The second-order valence-electron chi connectivity index (χ2n) is 6.16. The first-order valence-corrected chi connectivity index (χ1v) is 8.68. The van der Waals surface area contributed by atoms with E-state index in [0.717, 1.165) is 31.5 Å². The number of nitrogens with one attached hydrogen (secondary N) is 2. The van der Waals surface area contributed by atoms with Crippen molar-refractivity contribution >= 4 is 17.9 Å². The summed E-state index contributed by atoms with van der Waals surface area (Å²) in [5.74, 6) is -0.809. The van der Waals surface area contributed by atoms with Gasteiger partial charge in [0.05, 0.1) is 0 Å². The highest BCUT2D eigenvalue weighted by Gasteiger charge is 2.17. The van der Waals surface area contributed by atoms with Crippen molar-refractivity contribution in [1.82, 2.24) is 15.5 Å². The quantitative estimate of drug-likeness (QED) is 0.657. The first kappa shape index (κ1) is 18.8. The van der Waals surface area contributed by atoms with Crippen molar-refractivity contribution in [3.63, 3.8) is 0 Å². The van der Waals surface area contributed by atoms with Crippen molar-refractivity contribution in [3.8, 4) is 0 Å². The SMILES string of the molecule is O=C(O)CCCNC(=O)NCc1ccc(C(=O)N2CCCCC2)cc1. The first-order chi connectivity index (χ1) is 12.1. The molecule has 7 nitrogen and oxygen atoms in total. The normalized spacial score (nSPS) is 14.0. The van der Waals surface area contributed by atoms with Crippen LogP contribution in [0.15, 0.2) is 24.3 Å². The van der Waals surface area contributed by atoms with Gasteiger partial charge in [0.2, 0.25) is 0 Å². The van der Waals surface area contributed by atoms with E-state index in [-0.39, 0.29) is 18.4 Å². The third-order valence-electron chi connectivity index (χ3n) is 4.15. The van der Waals surface area contributed by atoms with E-state index in [0.29, 0.717) is 25.1 Å². The Hall–Kier alpha value is -2.57. The number of hydrogen-bond acceptors (Lipinski definition) is 3. The minimum Gasteiger partial charge on any atom is -0.481 e. The predicted molar refractivity (Wildman–Crippen MR) is 93.3 cm³/mol. The van der Waals surface area contributed by atoms with Gasteiger partial charge in [-0.05, 0) is 43.4 Å². The highest BCUT2D eigenvalue weighted by Crippen LogP contribution is 2.13. The van der Waals surface area contributed by atoms with E-state index in [1.165, 1.54) is 6.42 Å². The summed E-state index contributed by atoms with van der Waals surface area (Å²) in [6, 6.07) is 6.92. The van der Waals surface area contributed by atoms with Crippen molar-refractivity contribution in [2.45, 2.75) is 38.6 Å². The number of urea groups is 1. The fraction of sp³-hybridized carbons (Fsp3) is 0.500. The van der Waals surface area contributed by atoms with Crippen molar-refractivity contribution in [2.24, 2.45) is 0 Å². The van der Waals surface area contributed by atoms with E-state index in [9.17, 15) is 14.4 Å². The number of carbonyl (C=O) groups excluding carboxylic acids is 2. The summed E-state index contributed by atoms with van der Waals surface area (Å²) in [6.07, 6.45) is 3.75. The van der Waals surface area contributed by atoms with Crippen LogP contribution in [0.1, 0.15) is 48.0 Å². The topological polar surface area (TPSA) is 98.7 Å². The van der Waals surface area contributed by atoms with Crippen molar-refractivity contribution in [2.75, 3.05) is 19.6 Å². The minimum atomic E-state index is -0.874. The van der Waals surface area contributed by atoms with E-state index < -0.39 is 5.97 Å². The van der Waals surface area contributed by atoms with Gasteiger partial charge < -0.3 is 20.6 Å². The molecule has 1 aliphatic heterocycles. The van der Waals surface area contributed by atoms with Gasteiger partial charge in [0.25, 0.3) is 5.91 Å². The van der Waals surface area contributed by atoms with Crippen LogP contribution in [0.5, 0.6) is 0 Å². The molecule has 0 aromatic heterocycles. The van der Waals surface area contributed by atoms with Gasteiger partial charge in [0.15, 0.2) is 0 Å². The molecule has 7 heteroatoms. The Labute approximate surface area is 147 Å². The summed E-state index contributed by atoms with van der Waals surface area (Å²) in [4.78, 5) is 36.3. The standard InChI is InChI=1S/C18H25N3O4/c22-16(23)5-4-10-19-18(25)20-13-14-6-8-15(9-7-14)17(24)21-11-2-1-3-12-21/h6-9H,1-5,10-13H2,(H,22,23)(H2,19,20,25). The van der Waals surface area contributed by atoms with Crippen LogP contribution in [-0.4, -0.2) is 47.5 Å². The zero-order valence-electron chi connectivity index (χ0n) is 14.3. The van der Waals surface area contributed by atoms with Gasteiger partial charge in [-0.25, -0.2) is 4.79 Å². The summed E-state index contributed by atoms with van der Waals surface area (Å²) in [6.45, 7) is 2.32. The number of likely N-dealkylation sites (tertiary alicyclic amines) is 1. The van der Waals surface area contributed by atoms with Gasteiger partial charge in [-0.3, -0.25) is 9.59 Å². The van der Waals surface area contributed by atoms with Crippen LogP contribution < -0.4 is 10.6 Å². The second kappa shape index (κ2) is 9.66. The number of aliphatic carboxylic acids is 1. The maximum Gasteiger partial charge on any atom is 0.315 e. The Morgan fingerprint density at radius 1 is 1.00 bits per heavy atom. The molecule has 136 valence electrons. The first-order valence-electron chi connectivity index (χ1n) is 8.68. The van der Waals surface area contributed by atoms with Crippen LogP contribution in [0.25, 0.3) is 0 Å². The Bertz CT molecular complexity index is 595. The second-order valence-corrected chi connectivity index (χ2v) is 6.16. The molecule has 3 N–H and O–H groups in total. The van der Waals surface area contributed by atoms with E-state index in [1.807, 2.05) is 17.0 Å². The molecule has 0 aliphatic carbocycles. The lowest BCUT2D eigenvalue weighted by Gasteiger charge is -2.26. The van der Waals surface area contributed by atoms with Crippen LogP contribution >= 0.6 is 0 Å². The van der Waals surface area contributed by atoms with Gasteiger partial charge in [-0.15, -0.1) is 0 Å². The molecule has 1 aromatic carbocycles. The Morgan fingerprint density at radius 3 is 2.32 bits per heavy atom. The van der Waals surface area contributed by atoms with Crippen LogP contribution in [0.2, 0.25) is 0 Å². The fourth-order valence-electron chi connectivity index (χ4n) is 2.73. The Kier molecular flexibility index (Phi) is 7.25. The van der Waals surface area contributed by atoms with Crippen LogP contribution in [0.3, 0.4) is 0 Å². The molecule has 1 saturated heterocycles. The molecule has 1 aliphatic rings. The van der Waals surface area contributed by atoms with Gasteiger partial charge in [0, 0.05) is 38.2 Å². The molecule has 0 bridgehead atoms. The third-order valence-corrected chi connectivity index (χ3v) is 4.15. The summed E-state index contributed by atoms with van der Waals surface area (Å²) >= 11 is 0. The lowest BCUT2D eigenvalue weighted by molar-refractivity contribution is -0.137. The van der Waals surface area contributed by atoms with Gasteiger partial charge in [-0.1, -0.05) is 12.1 Å². The molecule has 2 rings (SSSR count). The Morgan fingerprint density at radius 2 is 1.68 bits per heavy atom. The molecule has 1 heterocycles. The van der Waals surface area contributed by atoms with E-state index >= 15 is 0 Å². The number of amides is 3. The maximum atomic E-state index is 12.4. The molecular formula is C18H25N3O4. The maximum absolute atomic E-state index is 12.4. The molecule has 3 amide bonds. The van der Waals surface area contributed by atoms with Gasteiger partial charge in [0.1, 0.15) is 0 Å². The van der Waals surface area contributed by atoms with E-state index in [2.05, 4.69) is 10.6 Å². The monoisotopic (exact) mass is 347 g/mol. The number of piperidine rings is 1. The van der Waals surface area contributed by atoms with Crippen molar-refractivity contribution in [1.29, 1.82) is 0 Å². The number of nitrogens with zero attached hydrogens (tertiary/aromatic N) is 1. The molecule has 0 spiro atoms. The summed E-state index contributed by atoms with van der Waals surface area (Å²) in [5.41, 5.74) is 1.57. The highest BCUT2D eigenvalue weighted by molar-refractivity contribution is 5.94. The number of carbonyl (C=O) groups is 3. The van der Waals surface area contributed by atoms with Crippen molar-refractivity contribution in [3.05, 3.63) is 35.4 Å². The van der Waals surface area contributed by atoms with Crippen molar-refractivity contribution < 1.29 is 19.5 Å². The lowest BCUT2D eigenvalue weighted by atomic mass is 10.1. The fourth-order valence-corrected chi connectivity index (χ4v) is 2.73. The smallest absolute Gasteiger partial charge is 0.315 e. The van der Waals surface area contributed by atoms with Gasteiger partial charge >= 0.3 is 12.0 Å². The molecule has 0 atom stereocenters. The molecule has 25 heavy (non-hydrogen) atoms. The molecule has 0 saturated carbocycles. The molecule has 0 radical (unpaired) electrons. The van der Waals surface area contributed by atoms with E-state index in [4.69, 9.17) is 5.11 Å². The molecule has 1 aromatic rings. The minimum absolute atomic E-state index is 0.0345. The average molecular weight is 347 g/mol. The Balaban J connectivity index is 1.73. The number of carboxylic acid groups (broad SMARTS) is 1. The number of hydrogen-bond donors (Lipinski definition) is 3. The number of carboxylic acids is 1. The molecular weight excluding hydrogens is 322 g/mol. The number of rotatable bonds is 7. The lowest BCUT2D eigenvalue weighted by Crippen LogP contribution is -2.36. The zero-order valence-corrected chi connectivity index (χ0v) is 14.3. The summed E-state index contributed by atoms with van der Waals surface area (Å²) < 4.78 is 0. The van der Waals surface area contributed by atoms with E-state index in [1.54, 1.807) is 12.1 Å². The van der Waals surface area contributed by atoms with Crippen LogP contribution in [-0.2, 0) is 11.3 Å². The molecule has 0 unspecified atom stereocenters. The summed E-state index contributed by atoms with van der Waals surface area (Å²) in [7, 11) is 0.